The summed E-state index contributed by atoms with van der Waals surface area (Å²) in [5.74, 6) is 1.58. The summed E-state index contributed by atoms with van der Waals surface area (Å²) < 4.78 is 24.4. The van der Waals surface area contributed by atoms with Crippen LogP contribution in [0.15, 0.2) is 60.7 Å². The first kappa shape index (κ1) is 20.5. The van der Waals surface area contributed by atoms with Gasteiger partial charge in [-0.05, 0) is 54.4 Å². The van der Waals surface area contributed by atoms with E-state index in [1.165, 1.54) is 0 Å². The summed E-state index contributed by atoms with van der Waals surface area (Å²) in [4.78, 5) is 18.4. The van der Waals surface area contributed by atoms with Gasteiger partial charge < -0.3 is 23.8 Å². The van der Waals surface area contributed by atoms with E-state index in [0.717, 1.165) is 38.9 Å². The predicted molar refractivity (Wildman–Crippen MR) is 119 cm³/mol. The first-order valence-corrected chi connectivity index (χ1v) is 11.4. The van der Waals surface area contributed by atoms with Gasteiger partial charge in [-0.3, -0.25) is 4.57 Å². The zero-order chi connectivity index (χ0) is 21.5. The molecule has 0 aliphatic heterocycles. The average molecular weight is 425 g/mol. The Morgan fingerprint density at radius 3 is 1.80 bits per heavy atom. The smallest absolute Gasteiger partial charge is 0.329 e. The van der Waals surface area contributed by atoms with E-state index in [-0.39, 0.29) is 12.2 Å². The number of fused-ring (bicyclic) bond motifs is 3. The van der Waals surface area contributed by atoms with Gasteiger partial charge in [0.25, 0.3) is 0 Å². The van der Waals surface area contributed by atoms with Crippen molar-refractivity contribution in [3.8, 4) is 11.5 Å². The molecule has 3 aromatic carbocycles. The van der Waals surface area contributed by atoms with Gasteiger partial charge in [0.2, 0.25) is 0 Å². The molecule has 0 spiro atoms. The number of benzene rings is 3. The molecule has 0 aliphatic carbocycles. The molecule has 0 amide bonds. The van der Waals surface area contributed by atoms with Gasteiger partial charge in [-0.2, -0.15) is 0 Å². The Morgan fingerprint density at radius 2 is 1.37 bits per heavy atom. The average Bonchev–Trinajstić information content (AvgIpc) is 3.05. The number of methoxy groups -OCH3 is 2. The molecular weight excluding hydrogens is 401 g/mol. The number of nitrogens with zero attached hydrogens (tertiary/aromatic N) is 1. The minimum absolute atomic E-state index is 0.0101. The van der Waals surface area contributed by atoms with E-state index >= 15 is 0 Å². The molecule has 0 unspecified atom stereocenters. The van der Waals surface area contributed by atoms with Crippen LogP contribution in [0, 0.1) is 0 Å². The second-order valence-electron chi connectivity index (χ2n) is 7.38. The number of hydrogen-bond acceptors (Lipinski definition) is 3. The lowest BCUT2D eigenvalue weighted by Crippen LogP contribution is -2.06. The van der Waals surface area contributed by atoms with Crippen molar-refractivity contribution in [3.05, 3.63) is 71.8 Å². The molecule has 0 saturated carbocycles. The van der Waals surface area contributed by atoms with E-state index in [4.69, 9.17) is 9.47 Å². The number of aromatic nitrogens is 1. The standard InChI is InChI=1S/C23H24NO5P/c1-15(17-6-4-16(5-7-17)14-30(25,26)27)24-22-10-8-18(28-2)12-20(22)21-13-19(29-3)9-11-23(21)24/h4-13,15H,14H2,1-3H3,(H2,25,26,27)/t15-/m1/s1. The maximum atomic E-state index is 11.3. The van der Waals surface area contributed by atoms with Gasteiger partial charge in [0, 0.05) is 21.8 Å². The van der Waals surface area contributed by atoms with Gasteiger partial charge in [0.1, 0.15) is 11.5 Å². The highest BCUT2D eigenvalue weighted by Gasteiger charge is 2.19. The summed E-state index contributed by atoms with van der Waals surface area (Å²) in [5, 5.41) is 2.15. The molecule has 4 rings (SSSR count). The topological polar surface area (TPSA) is 80.9 Å². The monoisotopic (exact) mass is 425 g/mol. The van der Waals surface area contributed by atoms with Gasteiger partial charge in [-0.15, -0.1) is 0 Å². The number of hydrogen-bond donors (Lipinski definition) is 2. The summed E-state index contributed by atoms with van der Waals surface area (Å²) in [6.07, 6.45) is -0.253. The van der Waals surface area contributed by atoms with Crippen LogP contribution in [0.1, 0.15) is 24.1 Å². The molecule has 0 saturated heterocycles. The normalized spacial score (nSPS) is 13.0. The van der Waals surface area contributed by atoms with E-state index in [1.54, 1.807) is 26.4 Å². The van der Waals surface area contributed by atoms with Crippen LogP contribution in [0.2, 0.25) is 0 Å². The first-order chi connectivity index (χ1) is 14.3. The Balaban J connectivity index is 1.85. The molecule has 0 bridgehead atoms. The van der Waals surface area contributed by atoms with Crippen LogP contribution in [-0.4, -0.2) is 28.6 Å². The lowest BCUT2D eigenvalue weighted by atomic mass is 10.1. The highest BCUT2D eigenvalue weighted by Crippen LogP contribution is 2.40. The fourth-order valence-corrected chi connectivity index (χ4v) is 4.66. The fraction of sp³-hybridized carbons (Fsp3) is 0.217. The van der Waals surface area contributed by atoms with Gasteiger partial charge in [-0.25, -0.2) is 0 Å². The Bertz CT molecular complexity index is 1200. The number of ether oxygens (including phenoxy) is 2. The van der Waals surface area contributed by atoms with Crippen LogP contribution >= 0.6 is 7.60 Å². The third-order valence-corrected chi connectivity index (χ3v) is 6.23. The maximum absolute atomic E-state index is 11.3. The quantitative estimate of drug-likeness (QED) is 0.420. The molecule has 0 radical (unpaired) electrons. The van der Waals surface area contributed by atoms with Gasteiger partial charge in [-0.1, -0.05) is 24.3 Å². The van der Waals surface area contributed by atoms with Crippen molar-refractivity contribution in [2.24, 2.45) is 0 Å². The summed E-state index contributed by atoms with van der Waals surface area (Å²) in [7, 11) is -0.773. The minimum atomic E-state index is -4.08. The second kappa shape index (κ2) is 7.80. The van der Waals surface area contributed by atoms with Crippen molar-refractivity contribution >= 4 is 29.4 Å². The van der Waals surface area contributed by atoms with Gasteiger partial charge >= 0.3 is 7.60 Å². The van der Waals surface area contributed by atoms with Crippen molar-refractivity contribution < 1.29 is 23.8 Å². The molecule has 1 aromatic heterocycles. The van der Waals surface area contributed by atoms with Crippen LogP contribution in [0.4, 0.5) is 0 Å². The highest BCUT2D eigenvalue weighted by atomic mass is 31.2. The largest absolute Gasteiger partial charge is 0.497 e. The van der Waals surface area contributed by atoms with Crippen molar-refractivity contribution in [2.75, 3.05) is 14.2 Å². The Morgan fingerprint density at radius 1 is 0.867 bits per heavy atom. The van der Waals surface area contributed by atoms with Crippen molar-refractivity contribution in [1.29, 1.82) is 0 Å². The van der Waals surface area contributed by atoms with E-state index in [0.29, 0.717) is 5.56 Å². The number of rotatable bonds is 6. The molecule has 1 atom stereocenters. The Kier molecular flexibility index (Phi) is 5.33. The molecule has 0 fully saturated rings. The zero-order valence-electron chi connectivity index (χ0n) is 17.1. The third kappa shape index (κ3) is 3.82. The summed E-state index contributed by atoms with van der Waals surface area (Å²) >= 11 is 0. The van der Waals surface area contributed by atoms with Crippen LogP contribution in [0.3, 0.4) is 0 Å². The minimum Gasteiger partial charge on any atom is -0.497 e. The Hall–Kier alpha value is -2.79. The van der Waals surface area contributed by atoms with Crippen LogP contribution in [0.5, 0.6) is 11.5 Å². The van der Waals surface area contributed by atoms with E-state index < -0.39 is 7.60 Å². The predicted octanol–water partition coefficient (Wildman–Crippen LogP) is 5.10. The van der Waals surface area contributed by atoms with Crippen LogP contribution in [-0.2, 0) is 10.7 Å². The van der Waals surface area contributed by atoms with Crippen molar-refractivity contribution in [2.45, 2.75) is 19.1 Å². The second-order valence-corrected chi connectivity index (χ2v) is 9.02. The molecule has 156 valence electrons. The van der Waals surface area contributed by atoms with E-state index in [2.05, 4.69) is 23.6 Å². The maximum Gasteiger partial charge on any atom is 0.329 e. The molecule has 0 aliphatic rings. The molecule has 1 heterocycles. The van der Waals surface area contributed by atoms with Gasteiger partial charge in [0.05, 0.1) is 26.4 Å². The molecule has 2 N–H and O–H groups in total. The molecule has 4 aromatic rings. The summed E-state index contributed by atoms with van der Waals surface area (Å²) in [6.45, 7) is 2.12. The summed E-state index contributed by atoms with van der Waals surface area (Å²) in [5.41, 5.74) is 3.82. The highest BCUT2D eigenvalue weighted by molar-refractivity contribution is 7.50. The molecule has 30 heavy (non-hydrogen) atoms. The SMILES string of the molecule is COc1ccc2c(c1)c1cc(OC)ccc1n2[C@H](C)c1ccc(CP(=O)(O)O)cc1. The lowest BCUT2D eigenvalue weighted by molar-refractivity contribution is 0.371. The van der Waals surface area contributed by atoms with E-state index in [1.807, 2.05) is 36.4 Å². The first-order valence-electron chi connectivity index (χ1n) is 9.60. The molecular formula is C23H24NO5P. The fourth-order valence-electron chi connectivity index (χ4n) is 3.97. The lowest BCUT2D eigenvalue weighted by Gasteiger charge is -2.18. The van der Waals surface area contributed by atoms with Gasteiger partial charge in [0.15, 0.2) is 0 Å². The summed E-state index contributed by atoms with van der Waals surface area (Å²) in [6, 6.07) is 19.5. The zero-order valence-corrected chi connectivity index (χ0v) is 18.0. The molecule has 6 nitrogen and oxygen atoms in total. The van der Waals surface area contributed by atoms with Crippen LogP contribution in [0.25, 0.3) is 21.8 Å². The van der Waals surface area contributed by atoms with E-state index in [9.17, 15) is 14.4 Å². The molecule has 7 heteroatoms. The van der Waals surface area contributed by atoms with Crippen molar-refractivity contribution in [1.82, 2.24) is 4.57 Å². The van der Waals surface area contributed by atoms with Crippen molar-refractivity contribution in [3.63, 3.8) is 0 Å². The Labute approximate surface area is 174 Å². The van der Waals surface area contributed by atoms with Crippen LogP contribution < -0.4 is 9.47 Å². The third-order valence-electron chi connectivity index (χ3n) is 5.45.